The molecule has 0 radical (unpaired) electrons. The largest absolute Gasteiger partial charge is 0.411 e. The van der Waals surface area contributed by atoms with Crippen LogP contribution in [0.3, 0.4) is 0 Å². The molecule has 0 aliphatic carbocycles. The first-order valence-electron chi connectivity index (χ1n) is 6.13. The van der Waals surface area contributed by atoms with E-state index in [0.29, 0.717) is 16.6 Å². The monoisotopic (exact) mass is 357 g/mol. The van der Waals surface area contributed by atoms with Crippen LogP contribution in [0.1, 0.15) is 12.5 Å². The molecule has 0 amide bonds. The second-order valence-corrected chi connectivity index (χ2v) is 5.24. The van der Waals surface area contributed by atoms with Crippen molar-refractivity contribution in [3.63, 3.8) is 0 Å². The molecule has 7 heteroatoms. The summed E-state index contributed by atoms with van der Waals surface area (Å²) in [4.78, 5) is 0. The Morgan fingerprint density at radius 1 is 1.35 bits per heavy atom. The molecule has 20 heavy (non-hydrogen) atoms. The van der Waals surface area contributed by atoms with E-state index in [4.69, 9.17) is 0 Å². The van der Waals surface area contributed by atoms with Crippen LogP contribution in [0.5, 0.6) is 0 Å². The Morgan fingerprint density at radius 2 is 2.05 bits per heavy atom. The summed E-state index contributed by atoms with van der Waals surface area (Å²) in [5.74, 6) is -0.391. The van der Waals surface area contributed by atoms with Crippen LogP contribution in [-0.2, 0) is 11.2 Å². The van der Waals surface area contributed by atoms with Crippen LogP contribution < -0.4 is 5.32 Å². The third-order valence-electron chi connectivity index (χ3n) is 2.56. The van der Waals surface area contributed by atoms with E-state index in [1.54, 1.807) is 12.1 Å². The van der Waals surface area contributed by atoms with Crippen molar-refractivity contribution < 1.29 is 22.3 Å². The number of hydrogen-bond donors (Lipinski definition) is 1. The van der Waals surface area contributed by atoms with Crippen molar-refractivity contribution in [3.8, 4) is 0 Å². The maximum Gasteiger partial charge on any atom is 0.411 e. The Hall–Kier alpha value is -0.660. The second kappa shape index (κ2) is 7.95. The number of rotatable bonds is 7. The number of halogens is 5. The molecule has 1 unspecified atom stereocenters. The van der Waals surface area contributed by atoms with Crippen LogP contribution in [0.15, 0.2) is 22.7 Å². The van der Waals surface area contributed by atoms with Gasteiger partial charge in [0.2, 0.25) is 0 Å². The van der Waals surface area contributed by atoms with E-state index >= 15 is 0 Å². The van der Waals surface area contributed by atoms with Gasteiger partial charge in [0.15, 0.2) is 0 Å². The van der Waals surface area contributed by atoms with Crippen molar-refractivity contribution in [1.82, 2.24) is 5.32 Å². The Balaban J connectivity index is 2.57. The standard InChI is InChI=1S/C13H16BrF4NO/c1-2-19-11(7-20-8-13(16,17)18)5-9-3-4-10(14)6-12(9)15/h3-4,6,11,19H,2,5,7-8H2,1H3. The van der Waals surface area contributed by atoms with Gasteiger partial charge >= 0.3 is 6.18 Å². The Bertz CT molecular complexity index is 425. The van der Waals surface area contributed by atoms with Crippen LogP contribution in [0.2, 0.25) is 0 Å². The van der Waals surface area contributed by atoms with Crippen LogP contribution in [0, 0.1) is 5.82 Å². The first kappa shape index (κ1) is 17.4. The summed E-state index contributed by atoms with van der Waals surface area (Å²) in [6.07, 6.45) is -4.08. The highest BCUT2D eigenvalue weighted by Crippen LogP contribution is 2.18. The fourth-order valence-corrected chi connectivity index (χ4v) is 2.08. The van der Waals surface area contributed by atoms with Gasteiger partial charge in [0, 0.05) is 10.5 Å². The number of hydrogen-bond acceptors (Lipinski definition) is 2. The summed E-state index contributed by atoms with van der Waals surface area (Å²) in [5, 5.41) is 2.99. The number of likely N-dealkylation sites (N-methyl/N-ethyl adjacent to an activating group) is 1. The zero-order chi connectivity index (χ0) is 15.2. The lowest BCUT2D eigenvalue weighted by molar-refractivity contribution is -0.175. The molecule has 1 aromatic rings. The van der Waals surface area contributed by atoms with Gasteiger partial charge in [-0.05, 0) is 30.7 Å². The molecule has 114 valence electrons. The molecule has 0 aromatic heterocycles. The number of benzene rings is 1. The fourth-order valence-electron chi connectivity index (χ4n) is 1.75. The maximum absolute atomic E-state index is 13.7. The smallest absolute Gasteiger partial charge is 0.370 e. The van der Waals surface area contributed by atoms with Crippen LogP contribution in [0.4, 0.5) is 17.6 Å². The van der Waals surface area contributed by atoms with Gasteiger partial charge in [-0.1, -0.05) is 28.9 Å². The fraction of sp³-hybridized carbons (Fsp3) is 0.538. The van der Waals surface area contributed by atoms with E-state index in [2.05, 4.69) is 26.0 Å². The summed E-state index contributed by atoms with van der Waals surface area (Å²) in [6.45, 7) is 0.980. The van der Waals surface area contributed by atoms with Crippen molar-refractivity contribution in [2.24, 2.45) is 0 Å². The van der Waals surface area contributed by atoms with Crippen molar-refractivity contribution in [2.45, 2.75) is 25.6 Å². The zero-order valence-electron chi connectivity index (χ0n) is 10.9. The van der Waals surface area contributed by atoms with E-state index in [1.165, 1.54) is 6.07 Å². The highest BCUT2D eigenvalue weighted by Gasteiger charge is 2.28. The molecule has 2 nitrogen and oxygen atoms in total. The molecule has 0 aliphatic rings. The summed E-state index contributed by atoms with van der Waals surface area (Å²) < 4.78 is 55.0. The Morgan fingerprint density at radius 3 is 2.60 bits per heavy atom. The van der Waals surface area contributed by atoms with E-state index in [-0.39, 0.29) is 19.1 Å². The molecule has 0 spiro atoms. The molecule has 1 atom stereocenters. The van der Waals surface area contributed by atoms with Crippen molar-refractivity contribution in [2.75, 3.05) is 19.8 Å². The molecule has 1 N–H and O–H groups in total. The highest BCUT2D eigenvalue weighted by molar-refractivity contribution is 9.10. The van der Waals surface area contributed by atoms with E-state index in [1.807, 2.05) is 6.92 Å². The van der Waals surface area contributed by atoms with Crippen molar-refractivity contribution in [3.05, 3.63) is 34.1 Å². The SMILES string of the molecule is CCNC(COCC(F)(F)F)Cc1ccc(Br)cc1F. The molecule has 0 saturated carbocycles. The van der Waals surface area contributed by atoms with Gasteiger partial charge < -0.3 is 10.1 Å². The number of alkyl halides is 3. The van der Waals surface area contributed by atoms with Crippen LogP contribution >= 0.6 is 15.9 Å². The van der Waals surface area contributed by atoms with Gasteiger partial charge in [-0.3, -0.25) is 0 Å². The predicted octanol–water partition coefficient (Wildman–Crippen LogP) is 3.69. The molecule has 0 heterocycles. The molecule has 0 saturated heterocycles. The number of ether oxygens (including phenoxy) is 1. The first-order valence-corrected chi connectivity index (χ1v) is 6.93. The second-order valence-electron chi connectivity index (χ2n) is 4.32. The quantitative estimate of drug-likeness (QED) is 0.751. The average molecular weight is 358 g/mol. The molecule has 0 aliphatic heterocycles. The topological polar surface area (TPSA) is 21.3 Å². The maximum atomic E-state index is 13.7. The van der Waals surface area contributed by atoms with Crippen molar-refractivity contribution >= 4 is 15.9 Å². The molecule has 0 fully saturated rings. The van der Waals surface area contributed by atoms with Gasteiger partial charge in [-0.2, -0.15) is 13.2 Å². The normalized spacial score (nSPS) is 13.5. The summed E-state index contributed by atoms with van der Waals surface area (Å²) >= 11 is 3.15. The third kappa shape index (κ3) is 6.67. The minimum absolute atomic E-state index is 0.122. The summed E-state index contributed by atoms with van der Waals surface area (Å²) in [6, 6.07) is 4.26. The first-order chi connectivity index (χ1) is 9.31. The van der Waals surface area contributed by atoms with Gasteiger partial charge in [-0.15, -0.1) is 0 Å². The summed E-state index contributed by atoms with van der Waals surface area (Å²) in [5.41, 5.74) is 0.440. The number of nitrogens with one attached hydrogen (secondary N) is 1. The lowest BCUT2D eigenvalue weighted by atomic mass is 10.1. The van der Waals surface area contributed by atoms with Gasteiger partial charge in [0.1, 0.15) is 12.4 Å². The third-order valence-corrected chi connectivity index (χ3v) is 3.05. The van der Waals surface area contributed by atoms with Crippen LogP contribution in [-0.4, -0.2) is 32.0 Å². The molecular weight excluding hydrogens is 342 g/mol. The van der Waals surface area contributed by atoms with E-state index in [9.17, 15) is 17.6 Å². The lowest BCUT2D eigenvalue weighted by Crippen LogP contribution is -2.36. The minimum atomic E-state index is -4.35. The molecule has 1 rings (SSSR count). The van der Waals surface area contributed by atoms with E-state index in [0.717, 1.165) is 0 Å². The Kier molecular flexibility index (Phi) is 6.91. The molecule has 1 aromatic carbocycles. The van der Waals surface area contributed by atoms with Gasteiger partial charge in [-0.25, -0.2) is 4.39 Å². The highest BCUT2D eigenvalue weighted by atomic mass is 79.9. The summed E-state index contributed by atoms with van der Waals surface area (Å²) in [7, 11) is 0. The average Bonchev–Trinajstić information content (AvgIpc) is 2.31. The van der Waals surface area contributed by atoms with E-state index < -0.39 is 18.6 Å². The van der Waals surface area contributed by atoms with Gasteiger partial charge in [0.05, 0.1) is 6.61 Å². The zero-order valence-corrected chi connectivity index (χ0v) is 12.5. The lowest BCUT2D eigenvalue weighted by Gasteiger charge is -2.19. The van der Waals surface area contributed by atoms with Crippen molar-refractivity contribution in [1.29, 1.82) is 0 Å². The minimum Gasteiger partial charge on any atom is -0.370 e. The molecule has 0 bridgehead atoms. The van der Waals surface area contributed by atoms with Gasteiger partial charge in [0.25, 0.3) is 0 Å². The molecular formula is C13H16BrF4NO. The van der Waals surface area contributed by atoms with Crippen LogP contribution in [0.25, 0.3) is 0 Å². The predicted molar refractivity (Wildman–Crippen MR) is 72.1 cm³/mol. The Labute approximate surface area is 123 Å².